The normalized spacial score (nSPS) is 10.6. The van der Waals surface area contributed by atoms with Gasteiger partial charge in [-0.05, 0) is 37.0 Å². The van der Waals surface area contributed by atoms with Crippen LogP contribution < -0.4 is 10.1 Å². The van der Waals surface area contributed by atoms with Gasteiger partial charge in [-0.3, -0.25) is 4.79 Å². The van der Waals surface area contributed by atoms with Crippen LogP contribution in [0.15, 0.2) is 24.3 Å². The summed E-state index contributed by atoms with van der Waals surface area (Å²) in [5.41, 5.74) is 0.900. The Hall–Kier alpha value is -2.46. The number of amides is 1. The predicted molar refractivity (Wildman–Crippen MR) is 72.1 cm³/mol. The minimum atomic E-state index is -0.448. The SMILES string of the molecule is CC#CC(=O)NCc1cccc(OC(C#N)CC)c1. The maximum atomic E-state index is 11.2. The Morgan fingerprint density at radius 2 is 2.32 bits per heavy atom. The number of ether oxygens (including phenoxy) is 1. The van der Waals surface area contributed by atoms with Crippen molar-refractivity contribution in [3.05, 3.63) is 29.8 Å². The quantitative estimate of drug-likeness (QED) is 0.820. The third-order valence-electron chi connectivity index (χ3n) is 2.38. The van der Waals surface area contributed by atoms with Gasteiger partial charge < -0.3 is 10.1 Å². The second kappa shape index (κ2) is 7.79. The van der Waals surface area contributed by atoms with E-state index >= 15 is 0 Å². The lowest BCUT2D eigenvalue weighted by Crippen LogP contribution is -2.20. The number of nitrogens with one attached hydrogen (secondary N) is 1. The molecule has 1 aromatic carbocycles. The van der Waals surface area contributed by atoms with Crippen LogP contribution in [0.1, 0.15) is 25.8 Å². The average Bonchev–Trinajstić information content (AvgIpc) is 2.43. The van der Waals surface area contributed by atoms with Crippen LogP contribution in [-0.2, 0) is 11.3 Å². The zero-order valence-electron chi connectivity index (χ0n) is 11.1. The number of benzene rings is 1. The van der Waals surface area contributed by atoms with E-state index in [1.807, 2.05) is 19.1 Å². The van der Waals surface area contributed by atoms with Crippen LogP contribution in [-0.4, -0.2) is 12.0 Å². The minimum Gasteiger partial charge on any atom is -0.476 e. The molecule has 98 valence electrons. The van der Waals surface area contributed by atoms with Crippen molar-refractivity contribution in [2.24, 2.45) is 0 Å². The second-order valence-corrected chi connectivity index (χ2v) is 3.85. The summed E-state index contributed by atoms with van der Waals surface area (Å²) in [6, 6.07) is 9.37. The summed E-state index contributed by atoms with van der Waals surface area (Å²) in [6.45, 7) is 3.89. The lowest BCUT2D eigenvalue weighted by molar-refractivity contribution is -0.115. The predicted octanol–water partition coefficient (Wildman–Crippen LogP) is 2.01. The molecule has 0 saturated carbocycles. The van der Waals surface area contributed by atoms with E-state index in [4.69, 9.17) is 10.00 Å². The van der Waals surface area contributed by atoms with Gasteiger partial charge in [-0.1, -0.05) is 25.0 Å². The third kappa shape index (κ3) is 5.14. The molecule has 0 heterocycles. The number of hydrogen-bond donors (Lipinski definition) is 1. The molecular weight excluding hydrogens is 240 g/mol. The number of nitrogens with zero attached hydrogens (tertiary/aromatic N) is 1. The van der Waals surface area contributed by atoms with Crippen LogP contribution in [0.4, 0.5) is 0 Å². The highest BCUT2D eigenvalue weighted by atomic mass is 16.5. The molecule has 1 amide bonds. The first-order chi connectivity index (χ1) is 9.19. The van der Waals surface area contributed by atoms with Crippen LogP contribution in [0.3, 0.4) is 0 Å². The van der Waals surface area contributed by atoms with Crippen LogP contribution >= 0.6 is 0 Å². The summed E-state index contributed by atoms with van der Waals surface area (Å²) in [5, 5.41) is 11.5. The van der Waals surface area contributed by atoms with E-state index < -0.39 is 6.10 Å². The first-order valence-corrected chi connectivity index (χ1v) is 6.05. The van der Waals surface area contributed by atoms with E-state index in [9.17, 15) is 4.79 Å². The van der Waals surface area contributed by atoms with Crippen molar-refractivity contribution in [1.29, 1.82) is 5.26 Å². The molecule has 1 N–H and O–H groups in total. The van der Waals surface area contributed by atoms with Gasteiger partial charge in [0.25, 0.3) is 5.91 Å². The number of carbonyl (C=O) groups excluding carboxylic acids is 1. The molecule has 0 aliphatic carbocycles. The van der Waals surface area contributed by atoms with Crippen molar-refractivity contribution in [3.63, 3.8) is 0 Å². The van der Waals surface area contributed by atoms with Crippen molar-refractivity contribution in [2.45, 2.75) is 32.9 Å². The van der Waals surface area contributed by atoms with Crippen LogP contribution in [0, 0.1) is 23.2 Å². The maximum absolute atomic E-state index is 11.2. The van der Waals surface area contributed by atoms with Gasteiger partial charge in [0.1, 0.15) is 11.8 Å². The molecule has 0 fully saturated rings. The van der Waals surface area contributed by atoms with E-state index in [1.54, 1.807) is 19.1 Å². The Morgan fingerprint density at radius 1 is 1.53 bits per heavy atom. The summed E-state index contributed by atoms with van der Waals surface area (Å²) >= 11 is 0. The number of carbonyl (C=O) groups is 1. The van der Waals surface area contributed by atoms with E-state index in [2.05, 4.69) is 23.2 Å². The van der Waals surface area contributed by atoms with Crippen molar-refractivity contribution < 1.29 is 9.53 Å². The summed E-state index contributed by atoms with van der Waals surface area (Å²) < 4.78 is 5.51. The molecular formula is C15H16N2O2. The summed E-state index contributed by atoms with van der Waals surface area (Å²) in [5.74, 6) is 5.26. The molecule has 4 heteroatoms. The second-order valence-electron chi connectivity index (χ2n) is 3.85. The zero-order chi connectivity index (χ0) is 14.1. The molecule has 1 rings (SSSR count). The highest BCUT2D eigenvalue weighted by molar-refractivity contribution is 5.93. The smallest absolute Gasteiger partial charge is 0.296 e. The van der Waals surface area contributed by atoms with Crippen LogP contribution in [0.5, 0.6) is 5.75 Å². The molecule has 1 atom stereocenters. The van der Waals surface area contributed by atoms with Crippen LogP contribution in [0.25, 0.3) is 0 Å². The molecule has 19 heavy (non-hydrogen) atoms. The number of rotatable bonds is 5. The van der Waals surface area contributed by atoms with E-state index in [0.29, 0.717) is 18.7 Å². The lowest BCUT2D eigenvalue weighted by Gasteiger charge is -2.11. The van der Waals surface area contributed by atoms with Crippen molar-refractivity contribution in [2.75, 3.05) is 0 Å². The van der Waals surface area contributed by atoms with Gasteiger partial charge in [-0.15, -0.1) is 0 Å². The van der Waals surface area contributed by atoms with Crippen LogP contribution in [0.2, 0.25) is 0 Å². The fourth-order valence-corrected chi connectivity index (χ4v) is 1.43. The monoisotopic (exact) mass is 256 g/mol. The van der Waals surface area contributed by atoms with Crippen molar-refractivity contribution in [1.82, 2.24) is 5.32 Å². The fourth-order valence-electron chi connectivity index (χ4n) is 1.43. The molecule has 0 aromatic heterocycles. The highest BCUT2D eigenvalue weighted by Crippen LogP contribution is 2.15. The molecule has 0 radical (unpaired) electrons. The first kappa shape index (κ1) is 14.6. The van der Waals surface area contributed by atoms with Gasteiger partial charge in [0, 0.05) is 6.54 Å². The minimum absolute atomic E-state index is 0.308. The Kier molecular flexibility index (Phi) is 5.98. The first-order valence-electron chi connectivity index (χ1n) is 6.05. The van der Waals surface area contributed by atoms with Crippen molar-refractivity contribution in [3.8, 4) is 23.7 Å². The Balaban J connectivity index is 2.64. The van der Waals surface area contributed by atoms with Gasteiger partial charge in [-0.25, -0.2) is 0 Å². The highest BCUT2D eigenvalue weighted by Gasteiger charge is 2.06. The topological polar surface area (TPSA) is 62.1 Å². The average molecular weight is 256 g/mol. The molecule has 4 nitrogen and oxygen atoms in total. The summed E-state index contributed by atoms with van der Waals surface area (Å²) in [6.07, 6.45) is 0.180. The Labute approximate surface area is 113 Å². The zero-order valence-corrected chi connectivity index (χ0v) is 11.1. The van der Waals surface area contributed by atoms with E-state index in [1.165, 1.54) is 0 Å². The van der Waals surface area contributed by atoms with Gasteiger partial charge in [0.2, 0.25) is 0 Å². The largest absolute Gasteiger partial charge is 0.476 e. The molecule has 1 aromatic rings. The number of nitriles is 1. The molecule has 0 saturated heterocycles. The maximum Gasteiger partial charge on any atom is 0.296 e. The third-order valence-corrected chi connectivity index (χ3v) is 2.38. The van der Waals surface area contributed by atoms with Gasteiger partial charge in [0.15, 0.2) is 6.10 Å². The fraction of sp³-hybridized carbons (Fsp3) is 0.333. The Morgan fingerprint density at radius 3 is 2.95 bits per heavy atom. The standard InChI is InChI=1S/C15H16N2O2/c1-3-6-15(18)17-11-12-7-5-8-14(9-12)19-13(4-2)10-16/h5,7-9,13H,4,11H2,1-2H3,(H,17,18). The Bertz CT molecular complexity index is 535. The molecule has 0 spiro atoms. The molecule has 0 bridgehead atoms. The van der Waals surface area contributed by atoms with E-state index in [0.717, 1.165) is 5.56 Å². The van der Waals surface area contributed by atoms with Gasteiger partial charge in [-0.2, -0.15) is 5.26 Å². The number of hydrogen-bond acceptors (Lipinski definition) is 3. The molecule has 0 aliphatic heterocycles. The molecule has 0 aliphatic rings. The summed E-state index contributed by atoms with van der Waals surface area (Å²) in [4.78, 5) is 11.2. The lowest BCUT2D eigenvalue weighted by atomic mass is 10.2. The van der Waals surface area contributed by atoms with Gasteiger partial charge >= 0.3 is 0 Å². The van der Waals surface area contributed by atoms with E-state index in [-0.39, 0.29) is 5.91 Å². The summed E-state index contributed by atoms with van der Waals surface area (Å²) in [7, 11) is 0. The molecule has 1 unspecified atom stereocenters. The van der Waals surface area contributed by atoms with Gasteiger partial charge in [0.05, 0.1) is 0 Å². The van der Waals surface area contributed by atoms with Crippen molar-refractivity contribution >= 4 is 5.91 Å².